The molecule has 6 heteroatoms. The lowest BCUT2D eigenvalue weighted by molar-refractivity contribution is 0.0947. The number of halogens is 2. The van der Waals surface area contributed by atoms with Crippen molar-refractivity contribution in [3.05, 3.63) is 79.8 Å². The van der Waals surface area contributed by atoms with Crippen molar-refractivity contribution in [1.29, 1.82) is 0 Å². The first-order valence-electron chi connectivity index (χ1n) is 7.73. The van der Waals surface area contributed by atoms with Crippen molar-refractivity contribution in [1.82, 2.24) is 10.3 Å². The van der Waals surface area contributed by atoms with Gasteiger partial charge in [0.25, 0.3) is 11.5 Å². The van der Waals surface area contributed by atoms with Crippen molar-refractivity contribution in [2.45, 2.75) is 20.4 Å². The molecule has 0 saturated heterocycles. The van der Waals surface area contributed by atoms with Crippen LogP contribution in [0, 0.1) is 19.7 Å². The lowest BCUT2D eigenvalue weighted by Crippen LogP contribution is -2.27. The molecule has 128 valence electrons. The first kappa shape index (κ1) is 17.2. The highest BCUT2D eigenvalue weighted by Crippen LogP contribution is 2.20. The van der Waals surface area contributed by atoms with Crippen LogP contribution < -0.4 is 10.9 Å². The van der Waals surface area contributed by atoms with E-state index in [1.807, 2.05) is 26.0 Å². The molecule has 0 unspecified atom stereocenters. The van der Waals surface area contributed by atoms with Gasteiger partial charge in [0.1, 0.15) is 5.82 Å². The Hall–Kier alpha value is -2.66. The van der Waals surface area contributed by atoms with Gasteiger partial charge in [-0.3, -0.25) is 9.59 Å². The Morgan fingerprint density at radius 1 is 1.24 bits per heavy atom. The van der Waals surface area contributed by atoms with Gasteiger partial charge in [-0.1, -0.05) is 29.8 Å². The van der Waals surface area contributed by atoms with Crippen molar-refractivity contribution >= 4 is 28.4 Å². The second-order valence-corrected chi connectivity index (χ2v) is 6.28. The number of fused-ring (bicyclic) bond motifs is 1. The van der Waals surface area contributed by atoms with E-state index in [0.29, 0.717) is 5.56 Å². The normalized spacial score (nSPS) is 10.9. The van der Waals surface area contributed by atoms with Gasteiger partial charge in [0.05, 0.1) is 16.1 Å². The summed E-state index contributed by atoms with van der Waals surface area (Å²) in [6, 6.07) is 9.63. The summed E-state index contributed by atoms with van der Waals surface area (Å²) in [6.07, 6.45) is 0. The molecule has 0 spiro atoms. The Bertz CT molecular complexity index is 1020. The number of amides is 1. The van der Waals surface area contributed by atoms with E-state index in [2.05, 4.69) is 10.3 Å². The molecule has 3 aromatic rings. The van der Waals surface area contributed by atoms with E-state index in [9.17, 15) is 14.0 Å². The maximum atomic E-state index is 13.8. The minimum Gasteiger partial charge on any atom is -0.348 e. The van der Waals surface area contributed by atoms with Crippen LogP contribution in [0.4, 0.5) is 4.39 Å². The number of rotatable bonds is 3. The number of aromatic amines is 1. The average molecular weight is 359 g/mol. The van der Waals surface area contributed by atoms with Crippen molar-refractivity contribution in [3.63, 3.8) is 0 Å². The van der Waals surface area contributed by atoms with Crippen LogP contribution in [0.2, 0.25) is 5.02 Å². The minimum absolute atomic E-state index is 0.0241. The first-order valence-corrected chi connectivity index (χ1v) is 8.10. The molecule has 3 rings (SSSR count). The second-order valence-electron chi connectivity index (χ2n) is 5.87. The van der Waals surface area contributed by atoms with Crippen LogP contribution in [0.1, 0.15) is 27.0 Å². The molecule has 25 heavy (non-hydrogen) atoms. The van der Waals surface area contributed by atoms with Gasteiger partial charge < -0.3 is 10.3 Å². The summed E-state index contributed by atoms with van der Waals surface area (Å²) < 4.78 is 13.8. The van der Waals surface area contributed by atoms with E-state index in [4.69, 9.17) is 11.6 Å². The number of nitrogens with one attached hydrogen (secondary N) is 2. The molecule has 0 bridgehead atoms. The number of pyridine rings is 1. The summed E-state index contributed by atoms with van der Waals surface area (Å²) in [7, 11) is 0. The van der Waals surface area contributed by atoms with Crippen LogP contribution in [0.5, 0.6) is 0 Å². The molecule has 1 aromatic heterocycles. The van der Waals surface area contributed by atoms with E-state index >= 15 is 0 Å². The van der Waals surface area contributed by atoms with Crippen LogP contribution >= 0.6 is 11.6 Å². The highest BCUT2D eigenvalue weighted by molar-refractivity contribution is 6.33. The van der Waals surface area contributed by atoms with Crippen LogP contribution in [-0.2, 0) is 6.54 Å². The number of carbonyl (C=O) groups is 1. The zero-order chi connectivity index (χ0) is 18.1. The van der Waals surface area contributed by atoms with E-state index in [1.54, 1.807) is 6.07 Å². The third-order valence-corrected chi connectivity index (χ3v) is 4.57. The number of H-pyrrole nitrogens is 1. The molecule has 0 fully saturated rings. The molecule has 0 aliphatic rings. The molecule has 2 N–H and O–H groups in total. The maximum Gasteiger partial charge on any atom is 0.256 e. The summed E-state index contributed by atoms with van der Waals surface area (Å²) in [5.41, 5.74) is 2.73. The van der Waals surface area contributed by atoms with Crippen molar-refractivity contribution < 1.29 is 9.18 Å². The molecule has 1 heterocycles. The highest BCUT2D eigenvalue weighted by atomic mass is 35.5. The largest absolute Gasteiger partial charge is 0.348 e. The topological polar surface area (TPSA) is 62.0 Å². The number of hydrogen-bond acceptors (Lipinski definition) is 2. The van der Waals surface area contributed by atoms with E-state index in [0.717, 1.165) is 28.1 Å². The standard InChI is InChI=1S/C19H16ClFN2O2/c1-10-6-7-12-8-13(18(24)23-17(12)11(10)2)9-22-19(25)16-14(20)4-3-5-15(16)21/h3-8H,9H2,1-2H3,(H,22,25)(H,23,24). The number of aryl methyl sites for hydroxylation is 2. The molecule has 0 aliphatic carbocycles. The first-order chi connectivity index (χ1) is 11.9. The molecule has 2 aromatic carbocycles. The smallest absolute Gasteiger partial charge is 0.256 e. The quantitative estimate of drug-likeness (QED) is 0.746. The van der Waals surface area contributed by atoms with Crippen molar-refractivity contribution in [2.24, 2.45) is 0 Å². The summed E-state index contributed by atoms with van der Waals surface area (Å²) >= 11 is 5.88. The van der Waals surface area contributed by atoms with Gasteiger partial charge in [0.2, 0.25) is 0 Å². The highest BCUT2D eigenvalue weighted by Gasteiger charge is 2.16. The Kier molecular flexibility index (Phi) is 4.59. The third kappa shape index (κ3) is 3.28. The van der Waals surface area contributed by atoms with Crippen LogP contribution in [-0.4, -0.2) is 10.9 Å². The van der Waals surface area contributed by atoms with Crippen molar-refractivity contribution in [3.8, 4) is 0 Å². The number of aromatic nitrogens is 1. The number of carbonyl (C=O) groups excluding carboxylic acids is 1. The predicted molar refractivity (Wildman–Crippen MR) is 96.6 cm³/mol. The van der Waals surface area contributed by atoms with Crippen LogP contribution in [0.15, 0.2) is 41.2 Å². The van der Waals surface area contributed by atoms with E-state index in [1.165, 1.54) is 12.1 Å². The predicted octanol–water partition coefficient (Wildman–Crippen LogP) is 3.87. The minimum atomic E-state index is -0.705. The Morgan fingerprint density at radius 2 is 2.00 bits per heavy atom. The summed E-state index contributed by atoms with van der Waals surface area (Å²) in [5, 5.41) is 3.44. The van der Waals surface area contributed by atoms with Gasteiger partial charge in [0.15, 0.2) is 0 Å². The van der Waals surface area contributed by atoms with Gasteiger partial charge in [-0.25, -0.2) is 4.39 Å². The average Bonchev–Trinajstić information content (AvgIpc) is 2.57. The van der Waals surface area contributed by atoms with E-state index in [-0.39, 0.29) is 22.7 Å². The fraction of sp³-hybridized carbons (Fsp3) is 0.158. The van der Waals surface area contributed by atoms with Gasteiger partial charge in [-0.2, -0.15) is 0 Å². The summed E-state index contributed by atoms with van der Waals surface area (Å²) in [4.78, 5) is 27.3. The molecule has 1 amide bonds. The second kappa shape index (κ2) is 6.69. The zero-order valence-corrected chi connectivity index (χ0v) is 14.5. The monoisotopic (exact) mass is 358 g/mol. The molecule has 0 aliphatic heterocycles. The van der Waals surface area contributed by atoms with Gasteiger partial charge >= 0.3 is 0 Å². The Labute approximate surface area is 148 Å². The SMILES string of the molecule is Cc1ccc2cc(CNC(=O)c3c(F)cccc3Cl)c(=O)[nH]c2c1C. The molecule has 4 nitrogen and oxygen atoms in total. The number of hydrogen-bond donors (Lipinski definition) is 2. The Balaban J connectivity index is 1.89. The van der Waals surface area contributed by atoms with Gasteiger partial charge in [-0.05, 0) is 48.6 Å². The fourth-order valence-electron chi connectivity index (χ4n) is 2.68. The lowest BCUT2D eigenvalue weighted by Gasteiger charge is -2.10. The van der Waals surface area contributed by atoms with Gasteiger partial charge in [-0.15, -0.1) is 0 Å². The van der Waals surface area contributed by atoms with Gasteiger partial charge in [0, 0.05) is 12.1 Å². The van der Waals surface area contributed by atoms with Crippen LogP contribution in [0.3, 0.4) is 0 Å². The lowest BCUT2D eigenvalue weighted by atomic mass is 10.0. The van der Waals surface area contributed by atoms with Crippen LogP contribution in [0.25, 0.3) is 10.9 Å². The summed E-state index contributed by atoms with van der Waals surface area (Å²) in [5.74, 6) is -1.37. The Morgan fingerprint density at radius 3 is 2.72 bits per heavy atom. The summed E-state index contributed by atoms with van der Waals surface area (Å²) in [6.45, 7) is 3.89. The molecule has 0 radical (unpaired) electrons. The third-order valence-electron chi connectivity index (χ3n) is 4.26. The number of benzene rings is 2. The molecule has 0 saturated carbocycles. The fourth-order valence-corrected chi connectivity index (χ4v) is 2.93. The van der Waals surface area contributed by atoms with Crippen molar-refractivity contribution in [2.75, 3.05) is 0 Å². The zero-order valence-electron chi connectivity index (χ0n) is 13.7. The molecule has 0 atom stereocenters. The molecular weight excluding hydrogens is 343 g/mol. The molecular formula is C19H16ClFN2O2. The van der Waals surface area contributed by atoms with E-state index < -0.39 is 11.7 Å². The maximum absolute atomic E-state index is 13.8.